The highest BCUT2D eigenvalue weighted by Gasteiger charge is 2.09. The number of ether oxygens (including phenoxy) is 1. The van der Waals surface area contributed by atoms with Crippen molar-refractivity contribution in [1.29, 1.82) is 0 Å². The first-order chi connectivity index (χ1) is 14.9. The average Bonchev–Trinajstić information content (AvgIpc) is 2.77. The Morgan fingerprint density at radius 2 is 1.68 bits per heavy atom. The smallest absolute Gasteiger partial charge is 0.228 e. The van der Waals surface area contributed by atoms with Crippen molar-refractivity contribution in [3.8, 4) is 5.88 Å². The summed E-state index contributed by atoms with van der Waals surface area (Å²) in [7, 11) is 2.01. The van der Waals surface area contributed by atoms with Crippen molar-refractivity contribution in [3.63, 3.8) is 0 Å². The van der Waals surface area contributed by atoms with Crippen LogP contribution < -0.4 is 4.74 Å². The molecule has 5 heteroatoms. The zero-order chi connectivity index (χ0) is 22.2. The van der Waals surface area contributed by atoms with E-state index in [0.29, 0.717) is 18.5 Å². The maximum atomic E-state index is 6.02. The molecule has 0 amide bonds. The third-order valence-electron chi connectivity index (χ3n) is 5.21. The van der Waals surface area contributed by atoms with E-state index in [0.717, 1.165) is 34.3 Å². The molecule has 4 nitrogen and oxygen atoms in total. The van der Waals surface area contributed by atoms with E-state index in [2.05, 4.69) is 99.3 Å². The number of aromatic nitrogens is 1. The highest BCUT2D eigenvalue weighted by atomic mass is 79.9. The van der Waals surface area contributed by atoms with E-state index in [1.807, 2.05) is 26.4 Å². The second kappa shape index (κ2) is 11.1. The number of aliphatic imine (C=N–C) groups is 1. The van der Waals surface area contributed by atoms with E-state index in [9.17, 15) is 0 Å². The van der Waals surface area contributed by atoms with Gasteiger partial charge in [0, 0.05) is 13.1 Å². The molecule has 0 bridgehead atoms. The van der Waals surface area contributed by atoms with E-state index in [1.165, 1.54) is 11.1 Å². The predicted octanol–water partition coefficient (Wildman–Crippen LogP) is 6.52. The second-order valence-corrected chi connectivity index (χ2v) is 8.83. The van der Waals surface area contributed by atoms with Gasteiger partial charge in [0.15, 0.2) is 0 Å². The van der Waals surface area contributed by atoms with Gasteiger partial charge < -0.3 is 9.64 Å². The molecule has 2 aromatic carbocycles. The molecule has 0 unspecified atom stereocenters. The fourth-order valence-electron chi connectivity index (χ4n) is 3.03. The highest BCUT2D eigenvalue weighted by Crippen LogP contribution is 2.30. The molecule has 162 valence electrons. The van der Waals surface area contributed by atoms with Crippen LogP contribution in [0, 0.1) is 6.92 Å². The molecule has 0 N–H and O–H groups in total. The summed E-state index contributed by atoms with van der Waals surface area (Å²) in [6.07, 6.45) is 3.88. The predicted molar refractivity (Wildman–Crippen MR) is 132 cm³/mol. The Morgan fingerprint density at radius 3 is 2.42 bits per heavy atom. The lowest BCUT2D eigenvalue weighted by molar-refractivity contribution is 0.291. The average molecular weight is 480 g/mol. The Labute approximate surface area is 194 Å². The maximum Gasteiger partial charge on any atom is 0.228 e. The van der Waals surface area contributed by atoms with Crippen LogP contribution in [-0.4, -0.2) is 29.3 Å². The van der Waals surface area contributed by atoms with Crippen LogP contribution in [0.2, 0.25) is 0 Å². The monoisotopic (exact) mass is 479 g/mol. The van der Waals surface area contributed by atoms with Gasteiger partial charge in [0.2, 0.25) is 5.88 Å². The van der Waals surface area contributed by atoms with Crippen LogP contribution in [0.25, 0.3) is 0 Å². The van der Waals surface area contributed by atoms with Gasteiger partial charge in [-0.25, -0.2) is 9.98 Å². The SMILES string of the molecule is Cc1nc(OCc2cccc(CCc3ccccc3)c2)c(Br)cc1/N=C/N(C)C(C)C. The third kappa shape index (κ3) is 6.93. The summed E-state index contributed by atoms with van der Waals surface area (Å²) in [4.78, 5) is 11.2. The second-order valence-electron chi connectivity index (χ2n) is 7.98. The molecule has 1 heterocycles. The molecule has 0 spiro atoms. The fraction of sp³-hybridized carbons (Fsp3) is 0.308. The summed E-state index contributed by atoms with van der Waals surface area (Å²) < 4.78 is 6.82. The van der Waals surface area contributed by atoms with Crippen molar-refractivity contribution >= 4 is 28.0 Å². The lowest BCUT2D eigenvalue weighted by atomic mass is 10.0. The normalized spacial score (nSPS) is 11.3. The lowest BCUT2D eigenvalue weighted by Gasteiger charge is -2.17. The minimum atomic E-state index is 0.395. The Balaban J connectivity index is 1.62. The molecule has 0 fully saturated rings. The van der Waals surface area contributed by atoms with E-state index < -0.39 is 0 Å². The summed E-state index contributed by atoms with van der Waals surface area (Å²) in [5.74, 6) is 0.586. The Kier molecular flexibility index (Phi) is 8.24. The van der Waals surface area contributed by atoms with Crippen LogP contribution >= 0.6 is 15.9 Å². The summed E-state index contributed by atoms with van der Waals surface area (Å²) in [5.41, 5.74) is 5.47. The van der Waals surface area contributed by atoms with E-state index in [-0.39, 0.29) is 0 Å². The largest absolute Gasteiger partial charge is 0.472 e. The standard InChI is InChI=1S/C26H30BrN3O/c1-19(2)30(4)18-28-25-16-24(27)26(29-20(25)3)31-17-23-12-8-11-22(15-23)14-13-21-9-6-5-7-10-21/h5-12,15-16,18-19H,13-14,17H2,1-4H3/b28-18+. The number of hydrogen-bond acceptors (Lipinski definition) is 3. The van der Waals surface area contributed by atoms with E-state index in [1.54, 1.807) is 0 Å². The minimum Gasteiger partial charge on any atom is -0.472 e. The molecule has 3 aromatic rings. The number of hydrogen-bond donors (Lipinski definition) is 0. The highest BCUT2D eigenvalue weighted by molar-refractivity contribution is 9.10. The molecule has 0 saturated carbocycles. The van der Waals surface area contributed by atoms with Gasteiger partial charge in [0.25, 0.3) is 0 Å². The Hall–Kier alpha value is -2.66. The van der Waals surface area contributed by atoms with Gasteiger partial charge >= 0.3 is 0 Å². The van der Waals surface area contributed by atoms with Crippen molar-refractivity contribution in [2.24, 2.45) is 4.99 Å². The van der Waals surface area contributed by atoms with Gasteiger partial charge in [-0.15, -0.1) is 0 Å². The number of halogens is 1. The van der Waals surface area contributed by atoms with Gasteiger partial charge in [0.1, 0.15) is 6.61 Å². The molecule has 1 aromatic heterocycles. The van der Waals surface area contributed by atoms with Crippen LogP contribution in [0.5, 0.6) is 5.88 Å². The first-order valence-corrected chi connectivity index (χ1v) is 11.4. The van der Waals surface area contributed by atoms with Crippen LogP contribution in [0.3, 0.4) is 0 Å². The quantitative estimate of drug-likeness (QED) is 0.259. The molecule has 3 rings (SSSR count). The van der Waals surface area contributed by atoms with Crippen molar-refractivity contribution in [2.45, 2.75) is 46.3 Å². The molecular weight excluding hydrogens is 450 g/mol. The zero-order valence-corrected chi connectivity index (χ0v) is 20.3. The Bertz CT molecular complexity index is 1020. The summed E-state index contributed by atoms with van der Waals surface area (Å²) in [6.45, 7) is 6.68. The maximum absolute atomic E-state index is 6.02. The number of aryl methyl sites for hydroxylation is 3. The van der Waals surface area contributed by atoms with Crippen molar-refractivity contribution < 1.29 is 4.74 Å². The van der Waals surface area contributed by atoms with E-state index in [4.69, 9.17) is 4.74 Å². The van der Waals surface area contributed by atoms with Crippen molar-refractivity contribution in [3.05, 3.63) is 87.5 Å². The summed E-state index contributed by atoms with van der Waals surface area (Å²) in [6, 6.07) is 21.5. The number of nitrogens with zero attached hydrogens (tertiary/aromatic N) is 3. The van der Waals surface area contributed by atoms with Gasteiger partial charge in [-0.1, -0.05) is 54.6 Å². The molecular formula is C26H30BrN3O. The van der Waals surface area contributed by atoms with Crippen LogP contribution in [0.4, 0.5) is 5.69 Å². The topological polar surface area (TPSA) is 37.7 Å². The van der Waals surface area contributed by atoms with Gasteiger partial charge in [-0.05, 0) is 72.3 Å². The minimum absolute atomic E-state index is 0.395. The van der Waals surface area contributed by atoms with Crippen molar-refractivity contribution in [1.82, 2.24) is 9.88 Å². The zero-order valence-electron chi connectivity index (χ0n) is 18.7. The summed E-state index contributed by atoms with van der Waals surface area (Å²) >= 11 is 3.58. The fourth-order valence-corrected chi connectivity index (χ4v) is 3.45. The van der Waals surface area contributed by atoms with Crippen LogP contribution in [-0.2, 0) is 19.4 Å². The Morgan fingerprint density at radius 1 is 1.00 bits per heavy atom. The molecule has 0 saturated heterocycles. The van der Waals surface area contributed by atoms with Gasteiger partial charge in [0.05, 0.1) is 22.2 Å². The molecule has 0 aliphatic rings. The van der Waals surface area contributed by atoms with E-state index >= 15 is 0 Å². The first-order valence-electron chi connectivity index (χ1n) is 10.6. The van der Waals surface area contributed by atoms with Gasteiger partial charge in [-0.3, -0.25) is 0 Å². The van der Waals surface area contributed by atoms with Crippen molar-refractivity contribution in [2.75, 3.05) is 7.05 Å². The number of benzene rings is 2. The number of pyridine rings is 1. The molecule has 0 aliphatic heterocycles. The van der Waals surface area contributed by atoms with Gasteiger partial charge in [-0.2, -0.15) is 0 Å². The lowest BCUT2D eigenvalue weighted by Crippen LogP contribution is -2.24. The summed E-state index contributed by atoms with van der Waals surface area (Å²) in [5, 5.41) is 0. The van der Waals surface area contributed by atoms with Crippen LogP contribution in [0.1, 0.15) is 36.2 Å². The third-order valence-corrected chi connectivity index (χ3v) is 5.78. The first kappa shape index (κ1) is 23.0. The van der Waals surface area contributed by atoms with Crippen LogP contribution in [0.15, 0.2) is 70.1 Å². The molecule has 31 heavy (non-hydrogen) atoms. The number of rotatable bonds is 9. The molecule has 0 atom stereocenters. The molecule has 0 radical (unpaired) electrons. The molecule has 0 aliphatic carbocycles.